The fourth-order valence-corrected chi connectivity index (χ4v) is 3.16. The maximum Gasteiger partial charge on any atom is 0.235 e. The summed E-state index contributed by atoms with van der Waals surface area (Å²) in [7, 11) is 3.38. The molecule has 0 bridgehead atoms. The number of carbonyl (C=O) groups excluding carboxylic acids is 1. The van der Waals surface area contributed by atoms with E-state index in [1.54, 1.807) is 12.0 Å². The molecule has 7 heteroatoms. The third-order valence-electron chi connectivity index (χ3n) is 4.85. The van der Waals surface area contributed by atoms with Crippen molar-refractivity contribution in [1.82, 2.24) is 25.1 Å². The summed E-state index contributed by atoms with van der Waals surface area (Å²) in [6, 6.07) is 9.72. The van der Waals surface area contributed by atoms with E-state index in [9.17, 15) is 4.79 Å². The second-order valence-corrected chi connectivity index (χ2v) is 7.01. The number of para-hydroxylation sites is 2. The van der Waals surface area contributed by atoms with Crippen LogP contribution in [0.3, 0.4) is 0 Å². The van der Waals surface area contributed by atoms with Gasteiger partial charge in [-0.1, -0.05) is 12.1 Å². The monoisotopic (exact) mass is 365 g/mol. The zero-order valence-corrected chi connectivity index (χ0v) is 15.6. The number of hydrogen-bond donors (Lipinski definition) is 1. The summed E-state index contributed by atoms with van der Waals surface area (Å²) in [6.07, 6.45) is 3.27. The highest BCUT2D eigenvalue weighted by molar-refractivity contribution is 5.77. The fraction of sp³-hybridized carbons (Fsp3) is 0.400. The fourth-order valence-electron chi connectivity index (χ4n) is 3.16. The number of benzene rings is 1. The van der Waals surface area contributed by atoms with Crippen molar-refractivity contribution < 1.29 is 9.53 Å². The summed E-state index contributed by atoms with van der Waals surface area (Å²) in [4.78, 5) is 23.4. The Morgan fingerprint density at radius 2 is 2.00 bits per heavy atom. The standard InChI is InChI=1S/C20H23N5O2/c1-25(12-14-11-18(24-23-14)13-7-8-13)19(26)10-9-17-20(27-2)22-16-6-4-3-5-15(16)21-17/h3-6,11,13H,7-10,12H2,1-2H3,(H,23,24). The maximum absolute atomic E-state index is 12.5. The molecule has 1 aliphatic carbocycles. The first kappa shape index (κ1) is 17.5. The van der Waals surface area contributed by atoms with Gasteiger partial charge in [-0.3, -0.25) is 9.89 Å². The molecule has 0 radical (unpaired) electrons. The van der Waals surface area contributed by atoms with Gasteiger partial charge in [0.05, 0.1) is 36.1 Å². The lowest BCUT2D eigenvalue weighted by molar-refractivity contribution is -0.130. The van der Waals surface area contributed by atoms with Gasteiger partial charge < -0.3 is 9.64 Å². The predicted molar refractivity (Wildman–Crippen MR) is 101 cm³/mol. The minimum absolute atomic E-state index is 0.0505. The van der Waals surface area contributed by atoms with Crippen molar-refractivity contribution in [3.8, 4) is 5.88 Å². The smallest absolute Gasteiger partial charge is 0.235 e. The highest BCUT2D eigenvalue weighted by Crippen LogP contribution is 2.39. The maximum atomic E-state index is 12.5. The Balaban J connectivity index is 1.39. The molecule has 3 aromatic rings. The van der Waals surface area contributed by atoms with Crippen LogP contribution in [-0.2, 0) is 17.8 Å². The molecule has 0 atom stereocenters. The molecule has 1 aromatic carbocycles. The van der Waals surface area contributed by atoms with Crippen molar-refractivity contribution in [2.75, 3.05) is 14.2 Å². The number of ether oxygens (including phenoxy) is 1. The molecule has 1 aliphatic rings. The minimum atomic E-state index is 0.0505. The van der Waals surface area contributed by atoms with Gasteiger partial charge in [0.1, 0.15) is 5.69 Å². The zero-order chi connectivity index (χ0) is 18.8. The van der Waals surface area contributed by atoms with Crippen LogP contribution in [0.25, 0.3) is 11.0 Å². The number of amides is 1. The van der Waals surface area contributed by atoms with Gasteiger partial charge >= 0.3 is 0 Å². The SMILES string of the molecule is COc1nc2ccccc2nc1CCC(=O)N(C)Cc1cc(C2CC2)n[nH]1. The van der Waals surface area contributed by atoms with Crippen LogP contribution in [-0.4, -0.2) is 45.1 Å². The van der Waals surface area contributed by atoms with Gasteiger partial charge in [0.15, 0.2) is 0 Å². The average molecular weight is 365 g/mol. The van der Waals surface area contributed by atoms with Crippen LogP contribution in [0, 0.1) is 0 Å². The summed E-state index contributed by atoms with van der Waals surface area (Å²) in [5.41, 5.74) is 4.37. The molecular formula is C20H23N5O2. The first-order valence-corrected chi connectivity index (χ1v) is 9.22. The molecule has 0 spiro atoms. The molecule has 0 aliphatic heterocycles. The van der Waals surface area contributed by atoms with Crippen LogP contribution in [0.1, 0.15) is 42.3 Å². The van der Waals surface area contributed by atoms with Crippen molar-refractivity contribution in [2.45, 2.75) is 38.1 Å². The molecule has 140 valence electrons. The number of nitrogens with one attached hydrogen (secondary N) is 1. The lowest BCUT2D eigenvalue weighted by Gasteiger charge is -2.16. The molecule has 7 nitrogen and oxygen atoms in total. The Labute approximate surface area is 157 Å². The van der Waals surface area contributed by atoms with Crippen LogP contribution in [0.4, 0.5) is 0 Å². The van der Waals surface area contributed by atoms with E-state index in [0.717, 1.165) is 22.4 Å². The van der Waals surface area contributed by atoms with Crippen molar-refractivity contribution in [3.63, 3.8) is 0 Å². The molecule has 2 aromatic heterocycles. The van der Waals surface area contributed by atoms with Crippen molar-refractivity contribution in [2.24, 2.45) is 0 Å². The van der Waals surface area contributed by atoms with E-state index in [4.69, 9.17) is 4.74 Å². The van der Waals surface area contributed by atoms with E-state index in [-0.39, 0.29) is 5.91 Å². The molecule has 0 unspecified atom stereocenters. The quantitative estimate of drug-likeness (QED) is 0.696. The third-order valence-corrected chi connectivity index (χ3v) is 4.85. The number of methoxy groups -OCH3 is 1. The second kappa shape index (κ2) is 7.34. The van der Waals surface area contributed by atoms with Crippen LogP contribution < -0.4 is 4.74 Å². The lowest BCUT2D eigenvalue weighted by atomic mass is 10.2. The highest BCUT2D eigenvalue weighted by Gasteiger charge is 2.26. The molecule has 2 heterocycles. The lowest BCUT2D eigenvalue weighted by Crippen LogP contribution is -2.26. The molecular weight excluding hydrogens is 342 g/mol. The predicted octanol–water partition coefficient (Wildman–Crippen LogP) is 2.83. The summed E-state index contributed by atoms with van der Waals surface area (Å²) in [5.74, 6) is 1.14. The number of fused-ring (bicyclic) bond motifs is 1. The van der Waals surface area contributed by atoms with E-state index in [0.29, 0.717) is 36.9 Å². The van der Waals surface area contributed by atoms with Gasteiger partial charge in [-0.25, -0.2) is 9.97 Å². The van der Waals surface area contributed by atoms with Gasteiger partial charge in [0.25, 0.3) is 0 Å². The minimum Gasteiger partial charge on any atom is -0.480 e. The zero-order valence-electron chi connectivity index (χ0n) is 15.6. The van der Waals surface area contributed by atoms with E-state index in [2.05, 4.69) is 26.2 Å². The van der Waals surface area contributed by atoms with Gasteiger partial charge in [0, 0.05) is 25.8 Å². The molecule has 27 heavy (non-hydrogen) atoms. The van der Waals surface area contributed by atoms with Crippen molar-refractivity contribution in [3.05, 3.63) is 47.4 Å². The van der Waals surface area contributed by atoms with E-state index < -0.39 is 0 Å². The van der Waals surface area contributed by atoms with Crippen LogP contribution in [0.15, 0.2) is 30.3 Å². The van der Waals surface area contributed by atoms with Crippen molar-refractivity contribution >= 4 is 16.9 Å². The number of carbonyl (C=O) groups is 1. The van der Waals surface area contributed by atoms with Crippen LogP contribution >= 0.6 is 0 Å². The highest BCUT2D eigenvalue weighted by atomic mass is 16.5. The Hall–Kier alpha value is -2.96. The Kier molecular flexibility index (Phi) is 4.75. The van der Waals surface area contributed by atoms with E-state index in [1.807, 2.05) is 31.3 Å². The Morgan fingerprint density at radius 3 is 2.70 bits per heavy atom. The number of aryl methyl sites for hydroxylation is 1. The summed E-state index contributed by atoms with van der Waals surface area (Å²) in [6.45, 7) is 0.527. The van der Waals surface area contributed by atoms with Crippen LogP contribution in [0.2, 0.25) is 0 Å². The Bertz CT molecular complexity index is 964. The van der Waals surface area contributed by atoms with Gasteiger partial charge in [0.2, 0.25) is 11.8 Å². The summed E-state index contributed by atoms with van der Waals surface area (Å²) < 4.78 is 5.36. The third kappa shape index (κ3) is 3.92. The number of nitrogens with zero attached hydrogens (tertiary/aromatic N) is 4. The second-order valence-electron chi connectivity index (χ2n) is 7.01. The first-order chi connectivity index (χ1) is 13.1. The summed E-state index contributed by atoms with van der Waals surface area (Å²) >= 11 is 0. The van der Waals surface area contributed by atoms with E-state index in [1.165, 1.54) is 12.8 Å². The topological polar surface area (TPSA) is 84.0 Å². The van der Waals surface area contributed by atoms with E-state index >= 15 is 0 Å². The largest absolute Gasteiger partial charge is 0.480 e. The molecule has 1 saturated carbocycles. The first-order valence-electron chi connectivity index (χ1n) is 9.22. The van der Waals surface area contributed by atoms with Gasteiger partial charge in [-0.05, 0) is 31.0 Å². The number of aromatic nitrogens is 4. The van der Waals surface area contributed by atoms with Crippen LogP contribution in [0.5, 0.6) is 5.88 Å². The number of rotatable bonds is 7. The Morgan fingerprint density at radius 1 is 1.26 bits per heavy atom. The molecule has 4 rings (SSSR count). The normalized spacial score (nSPS) is 13.7. The number of hydrogen-bond acceptors (Lipinski definition) is 5. The van der Waals surface area contributed by atoms with Crippen molar-refractivity contribution in [1.29, 1.82) is 0 Å². The average Bonchev–Trinajstić information content (AvgIpc) is 3.44. The summed E-state index contributed by atoms with van der Waals surface area (Å²) in [5, 5.41) is 7.38. The number of aromatic amines is 1. The number of H-pyrrole nitrogens is 1. The van der Waals surface area contributed by atoms with Gasteiger partial charge in [-0.2, -0.15) is 5.10 Å². The molecule has 1 N–H and O–H groups in total. The molecule has 1 amide bonds. The molecule has 1 fully saturated rings. The van der Waals surface area contributed by atoms with Gasteiger partial charge in [-0.15, -0.1) is 0 Å². The molecule has 0 saturated heterocycles.